The van der Waals surface area contributed by atoms with Gasteiger partial charge in [0.1, 0.15) is 30.2 Å². The molecule has 122 valence electrons. The van der Waals surface area contributed by atoms with Gasteiger partial charge in [0.15, 0.2) is 0 Å². The molecule has 7 heteroatoms. The highest BCUT2D eigenvalue weighted by Gasteiger charge is 2.46. The predicted molar refractivity (Wildman–Crippen MR) is 87.5 cm³/mol. The van der Waals surface area contributed by atoms with E-state index in [-0.39, 0.29) is 6.61 Å². The number of aliphatic hydroxyl groups is 3. The van der Waals surface area contributed by atoms with E-state index in [0.717, 1.165) is 3.57 Å². The van der Waals surface area contributed by atoms with Crippen molar-refractivity contribution < 1.29 is 29.5 Å². The lowest BCUT2D eigenvalue weighted by atomic mass is 9.99. The highest BCUT2D eigenvalue weighted by Crippen LogP contribution is 2.26. The molecule has 0 saturated carbocycles. The SMILES string of the molecule is C=CCO[C@@H]1[C@@H](O)[C@H](Oc2ccc(I)cc2)O[C@H](CO)[C@H]1O. The molecule has 22 heavy (non-hydrogen) atoms. The molecule has 6 nitrogen and oxygen atoms in total. The second-order valence-electron chi connectivity index (χ2n) is 4.87. The molecule has 0 radical (unpaired) electrons. The Morgan fingerprint density at radius 1 is 1.23 bits per heavy atom. The molecule has 0 unspecified atom stereocenters. The van der Waals surface area contributed by atoms with Crippen molar-refractivity contribution in [3.63, 3.8) is 0 Å². The average molecular weight is 422 g/mol. The molecule has 1 fully saturated rings. The minimum absolute atomic E-state index is 0.160. The fourth-order valence-electron chi connectivity index (χ4n) is 2.17. The van der Waals surface area contributed by atoms with Crippen LogP contribution in [0.25, 0.3) is 0 Å². The molecular formula is C15H19IO6. The van der Waals surface area contributed by atoms with Gasteiger partial charge in [-0.25, -0.2) is 0 Å². The third kappa shape index (κ3) is 4.18. The van der Waals surface area contributed by atoms with Gasteiger partial charge >= 0.3 is 0 Å². The Bertz CT molecular complexity index is 479. The smallest absolute Gasteiger partial charge is 0.229 e. The van der Waals surface area contributed by atoms with Crippen molar-refractivity contribution in [2.75, 3.05) is 13.2 Å². The summed E-state index contributed by atoms with van der Waals surface area (Å²) in [6, 6.07) is 7.21. The van der Waals surface area contributed by atoms with Crippen molar-refractivity contribution in [3.8, 4) is 5.75 Å². The summed E-state index contributed by atoms with van der Waals surface area (Å²) in [6.07, 6.45) is -3.72. The van der Waals surface area contributed by atoms with Crippen LogP contribution < -0.4 is 4.74 Å². The zero-order valence-corrected chi connectivity index (χ0v) is 14.0. The molecule has 0 amide bonds. The molecule has 0 aromatic heterocycles. The lowest BCUT2D eigenvalue weighted by Gasteiger charge is -2.41. The van der Waals surface area contributed by atoms with Gasteiger partial charge in [-0.3, -0.25) is 0 Å². The maximum absolute atomic E-state index is 10.3. The average Bonchev–Trinajstić information content (AvgIpc) is 2.52. The fourth-order valence-corrected chi connectivity index (χ4v) is 2.53. The third-order valence-electron chi connectivity index (χ3n) is 3.29. The van der Waals surface area contributed by atoms with Crippen LogP contribution in [0.15, 0.2) is 36.9 Å². The summed E-state index contributed by atoms with van der Waals surface area (Å²) in [4.78, 5) is 0. The molecule has 0 bridgehead atoms. The first kappa shape index (κ1) is 17.6. The number of ether oxygens (including phenoxy) is 3. The van der Waals surface area contributed by atoms with Crippen molar-refractivity contribution in [2.24, 2.45) is 0 Å². The molecule has 2 rings (SSSR count). The molecule has 1 aromatic carbocycles. The zero-order chi connectivity index (χ0) is 16.1. The van der Waals surface area contributed by atoms with E-state index in [1.165, 1.54) is 6.08 Å². The van der Waals surface area contributed by atoms with E-state index in [2.05, 4.69) is 29.2 Å². The maximum Gasteiger partial charge on any atom is 0.229 e. The first-order chi connectivity index (χ1) is 10.6. The summed E-state index contributed by atoms with van der Waals surface area (Å²) in [5.41, 5.74) is 0. The van der Waals surface area contributed by atoms with Crippen molar-refractivity contribution in [3.05, 3.63) is 40.5 Å². The van der Waals surface area contributed by atoms with Crippen molar-refractivity contribution in [1.82, 2.24) is 0 Å². The Kier molecular flexibility index (Phi) is 6.60. The van der Waals surface area contributed by atoms with Crippen LogP contribution in [0.2, 0.25) is 0 Å². The molecule has 5 atom stereocenters. The van der Waals surface area contributed by atoms with Gasteiger partial charge < -0.3 is 29.5 Å². The van der Waals surface area contributed by atoms with Crippen molar-refractivity contribution in [2.45, 2.75) is 30.7 Å². The van der Waals surface area contributed by atoms with E-state index in [4.69, 9.17) is 14.2 Å². The number of hydrogen-bond acceptors (Lipinski definition) is 6. The van der Waals surface area contributed by atoms with Crippen molar-refractivity contribution in [1.29, 1.82) is 0 Å². The second-order valence-corrected chi connectivity index (χ2v) is 6.11. The minimum Gasteiger partial charge on any atom is -0.462 e. The van der Waals surface area contributed by atoms with E-state index >= 15 is 0 Å². The van der Waals surface area contributed by atoms with E-state index in [1.54, 1.807) is 12.1 Å². The monoisotopic (exact) mass is 422 g/mol. The lowest BCUT2D eigenvalue weighted by Crippen LogP contribution is -2.61. The number of hydrogen-bond donors (Lipinski definition) is 3. The first-order valence-corrected chi connectivity index (χ1v) is 7.92. The van der Waals surface area contributed by atoms with Crippen LogP contribution in [0.1, 0.15) is 0 Å². The standard InChI is InChI=1S/C15H19IO6/c1-2-7-20-14-12(18)11(8-17)22-15(13(14)19)21-10-5-3-9(16)4-6-10/h2-6,11-15,17-19H,1,7-8H2/t11-,12-,13-,14+,15-/m1/s1. The lowest BCUT2D eigenvalue weighted by molar-refractivity contribution is -0.284. The van der Waals surface area contributed by atoms with Crippen LogP contribution in [0, 0.1) is 3.57 Å². The summed E-state index contributed by atoms with van der Waals surface area (Å²) in [5.74, 6) is 0.514. The van der Waals surface area contributed by atoms with Gasteiger partial charge in [0.05, 0.1) is 13.2 Å². The largest absolute Gasteiger partial charge is 0.462 e. The van der Waals surface area contributed by atoms with Crippen LogP contribution in [0.3, 0.4) is 0 Å². The molecule has 0 spiro atoms. The van der Waals surface area contributed by atoms with Crippen LogP contribution >= 0.6 is 22.6 Å². The highest BCUT2D eigenvalue weighted by molar-refractivity contribution is 14.1. The summed E-state index contributed by atoms with van der Waals surface area (Å²) < 4.78 is 17.5. The van der Waals surface area contributed by atoms with Crippen LogP contribution in [0.5, 0.6) is 5.75 Å². The molecule has 0 aliphatic carbocycles. The maximum atomic E-state index is 10.3. The topological polar surface area (TPSA) is 88.4 Å². The highest BCUT2D eigenvalue weighted by atomic mass is 127. The molecule has 1 saturated heterocycles. The van der Waals surface area contributed by atoms with E-state index in [0.29, 0.717) is 5.75 Å². The predicted octanol–water partition coefficient (Wildman–Crippen LogP) is 0.680. The fraction of sp³-hybridized carbons (Fsp3) is 0.467. The molecule has 3 N–H and O–H groups in total. The van der Waals surface area contributed by atoms with Crippen molar-refractivity contribution >= 4 is 22.6 Å². The van der Waals surface area contributed by atoms with Gasteiger partial charge in [0.25, 0.3) is 0 Å². The number of rotatable bonds is 6. The van der Waals surface area contributed by atoms with Crippen LogP contribution in [-0.4, -0.2) is 59.2 Å². The van der Waals surface area contributed by atoms with E-state index in [1.807, 2.05) is 12.1 Å². The molecule has 1 aromatic rings. The Morgan fingerprint density at radius 3 is 2.50 bits per heavy atom. The summed E-state index contributed by atoms with van der Waals surface area (Å²) >= 11 is 2.17. The number of benzene rings is 1. The van der Waals surface area contributed by atoms with Crippen LogP contribution in [-0.2, 0) is 9.47 Å². The molecular weight excluding hydrogens is 403 g/mol. The van der Waals surface area contributed by atoms with E-state index < -0.39 is 37.3 Å². The second kappa shape index (κ2) is 8.23. The van der Waals surface area contributed by atoms with Crippen LogP contribution in [0.4, 0.5) is 0 Å². The normalized spacial score (nSPS) is 31.7. The Labute approximate surface area is 142 Å². The Morgan fingerprint density at radius 2 is 1.91 bits per heavy atom. The van der Waals surface area contributed by atoms with Gasteiger partial charge in [-0.1, -0.05) is 6.08 Å². The molecule has 1 aliphatic rings. The first-order valence-electron chi connectivity index (χ1n) is 6.84. The summed E-state index contributed by atoms with van der Waals surface area (Å²) in [6.45, 7) is 3.28. The Hall–Kier alpha value is -0.710. The van der Waals surface area contributed by atoms with Gasteiger partial charge in [-0.15, -0.1) is 6.58 Å². The third-order valence-corrected chi connectivity index (χ3v) is 4.01. The van der Waals surface area contributed by atoms with Gasteiger partial charge in [-0.2, -0.15) is 0 Å². The molecule has 1 heterocycles. The summed E-state index contributed by atoms with van der Waals surface area (Å²) in [7, 11) is 0. The van der Waals surface area contributed by atoms with Gasteiger partial charge in [-0.05, 0) is 46.9 Å². The van der Waals surface area contributed by atoms with Gasteiger partial charge in [0, 0.05) is 3.57 Å². The Balaban J connectivity index is 2.11. The molecule has 1 aliphatic heterocycles. The minimum atomic E-state index is -1.20. The van der Waals surface area contributed by atoms with E-state index in [9.17, 15) is 15.3 Å². The number of halogens is 1. The van der Waals surface area contributed by atoms with Gasteiger partial charge in [0.2, 0.25) is 6.29 Å². The number of aliphatic hydroxyl groups excluding tert-OH is 3. The quantitative estimate of drug-likeness (QED) is 0.462. The summed E-state index contributed by atoms with van der Waals surface area (Å²) in [5, 5.41) is 29.7. The zero-order valence-electron chi connectivity index (χ0n) is 11.8.